The van der Waals surface area contributed by atoms with E-state index in [-0.39, 0.29) is 23.8 Å². The Kier molecular flexibility index (Phi) is 6.56. The summed E-state index contributed by atoms with van der Waals surface area (Å²) in [7, 11) is 1.86. The molecular formula is C27H34N6O2. The van der Waals surface area contributed by atoms with E-state index in [1.807, 2.05) is 36.2 Å². The van der Waals surface area contributed by atoms with Gasteiger partial charge < -0.3 is 15.5 Å². The van der Waals surface area contributed by atoms with Crippen molar-refractivity contribution in [3.63, 3.8) is 0 Å². The van der Waals surface area contributed by atoms with Gasteiger partial charge in [-0.2, -0.15) is 0 Å². The number of hydrogen-bond donors (Lipinski definition) is 2. The predicted molar refractivity (Wildman–Crippen MR) is 134 cm³/mol. The summed E-state index contributed by atoms with van der Waals surface area (Å²) < 4.78 is 1.73. The highest BCUT2D eigenvalue weighted by Crippen LogP contribution is 2.30. The van der Waals surface area contributed by atoms with Crippen molar-refractivity contribution in [3.8, 4) is 0 Å². The molecule has 3 heterocycles. The zero-order valence-corrected chi connectivity index (χ0v) is 20.7. The summed E-state index contributed by atoms with van der Waals surface area (Å²) in [5.41, 5.74) is 5.26. The molecule has 1 aromatic heterocycles. The number of carbonyl (C=O) groups is 2. The number of nitrogens with zero attached hydrogens (tertiary/aromatic N) is 4. The van der Waals surface area contributed by atoms with Crippen molar-refractivity contribution in [2.24, 2.45) is 18.9 Å². The lowest BCUT2D eigenvalue weighted by Gasteiger charge is -2.27. The molecule has 0 unspecified atom stereocenters. The van der Waals surface area contributed by atoms with Crippen LogP contribution in [0.5, 0.6) is 0 Å². The van der Waals surface area contributed by atoms with Crippen molar-refractivity contribution in [2.75, 3.05) is 13.1 Å². The van der Waals surface area contributed by atoms with E-state index in [1.54, 1.807) is 4.68 Å². The third kappa shape index (κ3) is 4.93. The minimum absolute atomic E-state index is 0.0581. The fourth-order valence-electron chi connectivity index (χ4n) is 5.52. The Labute approximate surface area is 206 Å². The Bertz CT molecular complexity index is 1240. The van der Waals surface area contributed by atoms with Gasteiger partial charge in [0, 0.05) is 20.1 Å². The molecule has 0 bridgehead atoms. The number of fused-ring (bicyclic) bond motifs is 1. The molecule has 2 aliphatic rings. The molecule has 184 valence electrons. The van der Waals surface area contributed by atoms with Crippen molar-refractivity contribution in [1.82, 2.24) is 30.5 Å². The number of aryl methyl sites for hydroxylation is 2. The Balaban J connectivity index is 1.30. The summed E-state index contributed by atoms with van der Waals surface area (Å²) in [4.78, 5) is 28.7. The quantitative estimate of drug-likeness (QED) is 0.572. The van der Waals surface area contributed by atoms with E-state index in [0.29, 0.717) is 25.4 Å². The second-order valence-corrected chi connectivity index (χ2v) is 10.3. The van der Waals surface area contributed by atoms with E-state index in [2.05, 4.69) is 53.0 Å². The van der Waals surface area contributed by atoms with Crippen molar-refractivity contribution in [1.29, 1.82) is 0 Å². The van der Waals surface area contributed by atoms with Gasteiger partial charge in [-0.1, -0.05) is 42.5 Å². The summed E-state index contributed by atoms with van der Waals surface area (Å²) in [5, 5.41) is 14.7. The Morgan fingerprint density at radius 3 is 2.77 bits per heavy atom. The van der Waals surface area contributed by atoms with Crippen LogP contribution in [0, 0.1) is 18.8 Å². The number of nitrogens with one attached hydrogen (secondary N) is 2. The molecule has 5 rings (SSSR count). The van der Waals surface area contributed by atoms with Crippen LogP contribution in [0.4, 0.5) is 0 Å². The van der Waals surface area contributed by atoms with Crippen molar-refractivity contribution in [3.05, 3.63) is 59.2 Å². The van der Waals surface area contributed by atoms with Crippen molar-refractivity contribution < 1.29 is 9.59 Å². The Hall–Kier alpha value is -3.26. The summed E-state index contributed by atoms with van der Waals surface area (Å²) >= 11 is 0. The highest BCUT2D eigenvalue weighted by atomic mass is 16.2. The van der Waals surface area contributed by atoms with E-state index in [0.717, 1.165) is 36.0 Å². The van der Waals surface area contributed by atoms with Crippen LogP contribution in [0.3, 0.4) is 0 Å². The van der Waals surface area contributed by atoms with E-state index in [4.69, 9.17) is 0 Å². The van der Waals surface area contributed by atoms with Gasteiger partial charge >= 0.3 is 0 Å². The average molecular weight is 475 g/mol. The maximum Gasteiger partial charge on any atom is 0.243 e. The number of carbonyl (C=O) groups excluding carboxylic acids is 2. The van der Waals surface area contributed by atoms with Crippen LogP contribution in [0.25, 0.3) is 11.0 Å². The first kappa shape index (κ1) is 23.5. The molecule has 2 fully saturated rings. The lowest BCUT2D eigenvalue weighted by atomic mass is 9.94. The molecule has 2 saturated heterocycles. The van der Waals surface area contributed by atoms with E-state index >= 15 is 0 Å². The van der Waals surface area contributed by atoms with Crippen LogP contribution in [-0.2, 0) is 29.6 Å². The largest absolute Gasteiger partial charge is 0.350 e. The molecule has 2 aromatic carbocycles. The first-order valence-corrected chi connectivity index (χ1v) is 12.5. The number of likely N-dealkylation sites (tertiary alicyclic amines) is 1. The molecule has 0 saturated carbocycles. The summed E-state index contributed by atoms with van der Waals surface area (Å²) in [6, 6.07) is 13.6. The average Bonchev–Trinajstić information content (AvgIpc) is 3.57. The lowest BCUT2D eigenvalue weighted by molar-refractivity contribution is -0.139. The SMILES string of the molecule is Cc1ccccc1C[C@@H]1C[C@@H](C(=O)NCc2ccc3c(c2)nnn3C)N(C(=O)[C@H]2C[C@@H](C)CN2)C1. The number of aromatic nitrogens is 3. The minimum atomic E-state index is -0.450. The normalized spacial score (nSPS) is 24.3. The topological polar surface area (TPSA) is 92.2 Å². The third-order valence-electron chi connectivity index (χ3n) is 7.53. The molecule has 8 heteroatoms. The van der Waals surface area contributed by atoms with Crippen molar-refractivity contribution >= 4 is 22.8 Å². The zero-order chi connectivity index (χ0) is 24.5. The zero-order valence-electron chi connectivity index (χ0n) is 20.7. The molecule has 4 atom stereocenters. The molecule has 0 aliphatic carbocycles. The van der Waals surface area contributed by atoms with Gasteiger partial charge in [0.15, 0.2) is 0 Å². The second-order valence-electron chi connectivity index (χ2n) is 10.3. The van der Waals surface area contributed by atoms with Gasteiger partial charge in [-0.3, -0.25) is 9.59 Å². The number of benzene rings is 2. The highest BCUT2D eigenvalue weighted by Gasteiger charge is 2.42. The first-order chi connectivity index (χ1) is 16.9. The third-order valence-corrected chi connectivity index (χ3v) is 7.53. The number of amides is 2. The number of hydrogen-bond acceptors (Lipinski definition) is 5. The Morgan fingerprint density at radius 1 is 1.17 bits per heavy atom. The molecule has 35 heavy (non-hydrogen) atoms. The minimum Gasteiger partial charge on any atom is -0.350 e. The maximum absolute atomic E-state index is 13.5. The molecular weight excluding hydrogens is 440 g/mol. The smallest absolute Gasteiger partial charge is 0.243 e. The molecule has 0 spiro atoms. The predicted octanol–water partition coefficient (Wildman–Crippen LogP) is 2.35. The molecule has 2 N–H and O–H groups in total. The lowest BCUT2D eigenvalue weighted by Crippen LogP contribution is -2.51. The first-order valence-electron chi connectivity index (χ1n) is 12.5. The van der Waals surface area contributed by atoms with Crippen LogP contribution in [0.2, 0.25) is 0 Å². The van der Waals surface area contributed by atoms with Gasteiger partial charge in [-0.25, -0.2) is 4.68 Å². The van der Waals surface area contributed by atoms with Crippen LogP contribution < -0.4 is 10.6 Å². The molecule has 2 aliphatic heterocycles. The number of rotatable bonds is 6. The highest BCUT2D eigenvalue weighted by molar-refractivity contribution is 5.90. The standard InChI is InChI=1S/C27H34N6O2/c1-17-10-23(28-14-17)27(35)33-16-20(11-21-7-5-4-6-18(21)2)13-25(33)26(34)29-15-19-8-9-24-22(12-19)30-31-32(24)3/h4-9,12,17,20,23,25,28H,10-11,13-16H2,1-3H3,(H,29,34)/t17-,20-,23-,25+/m1/s1. The van der Waals surface area contributed by atoms with Gasteiger partial charge in [-0.05, 0) is 73.4 Å². The van der Waals surface area contributed by atoms with Crippen LogP contribution in [0.15, 0.2) is 42.5 Å². The molecule has 2 amide bonds. The monoisotopic (exact) mass is 474 g/mol. The second kappa shape index (κ2) is 9.77. The van der Waals surface area contributed by atoms with Gasteiger partial charge in [-0.15, -0.1) is 5.10 Å². The van der Waals surface area contributed by atoms with E-state index < -0.39 is 6.04 Å². The fourth-order valence-corrected chi connectivity index (χ4v) is 5.52. The van der Waals surface area contributed by atoms with Crippen molar-refractivity contribution in [2.45, 2.75) is 51.7 Å². The van der Waals surface area contributed by atoms with Gasteiger partial charge in [0.2, 0.25) is 11.8 Å². The van der Waals surface area contributed by atoms with Gasteiger partial charge in [0.25, 0.3) is 0 Å². The van der Waals surface area contributed by atoms with Gasteiger partial charge in [0.1, 0.15) is 11.6 Å². The summed E-state index contributed by atoms with van der Waals surface area (Å²) in [5.74, 6) is 0.696. The molecule has 3 aromatic rings. The van der Waals surface area contributed by atoms with E-state index in [9.17, 15) is 9.59 Å². The Morgan fingerprint density at radius 2 is 2.00 bits per heavy atom. The van der Waals surface area contributed by atoms with E-state index in [1.165, 1.54) is 11.1 Å². The summed E-state index contributed by atoms with van der Waals surface area (Å²) in [6.45, 7) is 6.13. The summed E-state index contributed by atoms with van der Waals surface area (Å²) in [6.07, 6.45) is 2.37. The van der Waals surface area contributed by atoms with Crippen LogP contribution >= 0.6 is 0 Å². The van der Waals surface area contributed by atoms with Gasteiger partial charge in [0.05, 0.1) is 11.6 Å². The fraction of sp³-hybridized carbons (Fsp3) is 0.481. The van der Waals surface area contributed by atoms with Crippen LogP contribution in [-0.4, -0.2) is 56.9 Å². The molecule has 8 nitrogen and oxygen atoms in total. The van der Waals surface area contributed by atoms with Crippen LogP contribution in [0.1, 0.15) is 36.5 Å². The maximum atomic E-state index is 13.5. The molecule has 0 radical (unpaired) electrons.